The van der Waals surface area contributed by atoms with E-state index in [1.165, 1.54) is 12.1 Å². The molecule has 2 aromatic rings. The molecule has 0 bridgehead atoms. The Balaban J connectivity index is 2.32. The maximum absolute atomic E-state index is 12.2. The number of ether oxygens (including phenoxy) is 1. The van der Waals surface area contributed by atoms with Crippen molar-refractivity contribution >= 4 is 0 Å². The van der Waals surface area contributed by atoms with Crippen molar-refractivity contribution < 1.29 is 22.3 Å². The Morgan fingerprint density at radius 1 is 1.25 bits per heavy atom. The topological polar surface area (TPSA) is 22.4 Å². The molecule has 0 radical (unpaired) electrons. The zero-order chi connectivity index (χ0) is 14.8. The fourth-order valence-electron chi connectivity index (χ4n) is 1.66. The van der Waals surface area contributed by atoms with Gasteiger partial charge in [-0.2, -0.15) is 13.2 Å². The van der Waals surface area contributed by atoms with Gasteiger partial charge in [-0.25, -0.2) is 0 Å². The normalized spacial score (nSPS) is 11.2. The first-order valence-corrected chi connectivity index (χ1v) is 5.76. The molecule has 20 heavy (non-hydrogen) atoms. The van der Waals surface area contributed by atoms with E-state index in [0.29, 0.717) is 17.1 Å². The minimum atomic E-state index is -4.41. The summed E-state index contributed by atoms with van der Waals surface area (Å²) in [4.78, 5) is 0. The zero-order valence-corrected chi connectivity index (χ0v) is 10.6. The molecule has 1 heterocycles. The summed E-state index contributed by atoms with van der Waals surface area (Å²) < 4.78 is 46.8. The third-order valence-corrected chi connectivity index (χ3v) is 2.55. The lowest BCUT2D eigenvalue weighted by Crippen LogP contribution is -2.19. The molecule has 0 fully saturated rings. The Morgan fingerprint density at radius 2 is 2.00 bits per heavy atom. The highest BCUT2D eigenvalue weighted by molar-refractivity contribution is 5.63. The Kier molecular flexibility index (Phi) is 3.75. The molecule has 2 rings (SSSR count). The maximum atomic E-state index is 12.2. The van der Waals surface area contributed by atoms with Crippen LogP contribution in [-0.2, 0) is 0 Å². The van der Waals surface area contributed by atoms with Gasteiger partial charge in [0.05, 0.1) is 5.56 Å². The number of hydrogen-bond acceptors (Lipinski definition) is 2. The van der Waals surface area contributed by atoms with Crippen LogP contribution >= 0.6 is 0 Å². The highest BCUT2D eigenvalue weighted by atomic mass is 19.4. The molecule has 1 aromatic carbocycles. The Morgan fingerprint density at radius 3 is 2.55 bits per heavy atom. The lowest BCUT2D eigenvalue weighted by atomic mass is 10.1. The van der Waals surface area contributed by atoms with Crippen molar-refractivity contribution in [3.63, 3.8) is 0 Å². The van der Waals surface area contributed by atoms with Crippen LogP contribution in [0.5, 0.6) is 5.75 Å². The molecular weight excluding hydrogens is 269 g/mol. The molecule has 5 heteroatoms. The van der Waals surface area contributed by atoms with E-state index in [-0.39, 0.29) is 11.3 Å². The van der Waals surface area contributed by atoms with E-state index < -0.39 is 12.8 Å². The van der Waals surface area contributed by atoms with Gasteiger partial charge in [-0.05, 0) is 37.3 Å². The monoisotopic (exact) mass is 280 g/mol. The smallest absolute Gasteiger partial charge is 0.422 e. The molecule has 2 nitrogen and oxygen atoms in total. The molecule has 0 amide bonds. The molecule has 0 aliphatic heterocycles. The average molecular weight is 280 g/mol. The second kappa shape index (κ2) is 5.33. The number of benzene rings is 1. The van der Waals surface area contributed by atoms with Crippen molar-refractivity contribution in [2.75, 3.05) is 6.61 Å². The lowest BCUT2D eigenvalue weighted by molar-refractivity contribution is -0.153. The summed E-state index contributed by atoms with van der Waals surface area (Å²) >= 11 is 0. The number of alkyl halides is 3. The van der Waals surface area contributed by atoms with Crippen LogP contribution in [0.25, 0.3) is 11.3 Å². The van der Waals surface area contributed by atoms with Crippen LogP contribution in [0, 0.1) is 19.3 Å². The van der Waals surface area contributed by atoms with Gasteiger partial charge in [0, 0.05) is 5.56 Å². The van der Waals surface area contributed by atoms with Crippen molar-refractivity contribution in [1.29, 1.82) is 0 Å². The summed E-state index contributed by atoms with van der Waals surface area (Å²) in [6.07, 6.45) is 0.835. The molecular formula is C15H11F3O2. The SMILES string of the molecule is C#Cc1ccc(-c2ccc(C)o2)cc1OCC(F)(F)F. The van der Waals surface area contributed by atoms with E-state index >= 15 is 0 Å². The summed E-state index contributed by atoms with van der Waals surface area (Å²) in [5, 5.41) is 0. The van der Waals surface area contributed by atoms with Gasteiger partial charge in [0.25, 0.3) is 0 Å². The maximum Gasteiger partial charge on any atom is 0.422 e. The molecule has 0 saturated carbocycles. The number of hydrogen-bond donors (Lipinski definition) is 0. The van der Waals surface area contributed by atoms with Crippen LogP contribution in [0.2, 0.25) is 0 Å². The highest BCUT2D eigenvalue weighted by Crippen LogP contribution is 2.29. The quantitative estimate of drug-likeness (QED) is 0.787. The fourth-order valence-corrected chi connectivity index (χ4v) is 1.66. The van der Waals surface area contributed by atoms with Gasteiger partial charge in [0.15, 0.2) is 6.61 Å². The van der Waals surface area contributed by atoms with Gasteiger partial charge in [0.1, 0.15) is 17.3 Å². The summed E-state index contributed by atoms with van der Waals surface area (Å²) in [5.41, 5.74) is 0.871. The summed E-state index contributed by atoms with van der Waals surface area (Å²) in [6.45, 7) is 0.392. The Hall–Kier alpha value is -2.35. The van der Waals surface area contributed by atoms with Gasteiger partial charge in [0.2, 0.25) is 0 Å². The van der Waals surface area contributed by atoms with E-state index in [0.717, 1.165) is 0 Å². The molecule has 0 N–H and O–H groups in total. The van der Waals surface area contributed by atoms with E-state index in [1.54, 1.807) is 25.1 Å². The van der Waals surface area contributed by atoms with Gasteiger partial charge in [-0.15, -0.1) is 6.42 Å². The number of furan rings is 1. The van der Waals surface area contributed by atoms with Crippen LogP contribution in [0.4, 0.5) is 13.2 Å². The summed E-state index contributed by atoms with van der Waals surface area (Å²) in [7, 11) is 0. The molecule has 104 valence electrons. The van der Waals surface area contributed by atoms with Crippen molar-refractivity contribution in [2.24, 2.45) is 0 Å². The zero-order valence-electron chi connectivity index (χ0n) is 10.6. The first-order chi connectivity index (χ1) is 9.39. The second-order valence-electron chi connectivity index (χ2n) is 4.17. The Labute approximate surface area is 114 Å². The van der Waals surface area contributed by atoms with Crippen LogP contribution < -0.4 is 4.74 Å². The van der Waals surface area contributed by atoms with Crippen molar-refractivity contribution in [1.82, 2.24) is 0 Å². The number of aryl methyl sites for hydroxylation is 1. The first-order valence-electron chi connectivity index (χ1n) is 5.76. The molecule has 1 aromatic heterocycles. The number of halogens is 3. The van der Waals surface area contributed by atoms with Gasteiger partial charge >= 0.3 is 6.18 Å². The van der Waals surface area contributed by atoms with E-state index in [9.17, 15) is 13.2 Å². The average Bonchev–Trinajstić information content (AvgIpc) is 2.82. The van der Waals surface area contributed by atoms with Crippen LogP contribution in [0.15, 0.2) is 34.7 Å². The predicted octanol–water partition coefficient (Wildman–Crippen LogP) is 4.18. The second-order valence-corrected chi connectivity index (χ2v) is 4.17. The largest absolute Gasteiger partial charge is 0.483 e. The van der Waals surface area contributed by atoms with Crippen LogP contribution in [0.3, 0.4) is 0 Å². The highest BCUT2D eigenvalue weighted by Gasteiger charge is 2.28. The molecule has 0 atom stereocenters. The molecule has 0 aliphatic carbocycles. The lowest BCUT2D eigenvalue weighted by Gasteiger charge is -2.11. The number of terminal acetylenes is 1. The third kappa shape index (κ3) is 3.35. The molecule has 0 spiro atoms. The van der Waals surface area contributed by atoms with Crippen molar-refractivity contribution in [3.8, 4) is 29.4 Å². The molecule has 0 saturated heterocycles. The van der Waals surface area contributed by atoms with Gasteiger partial charge in [-0.1, -0.05) is 5.92 Å². The van der Waals surface area contributed by atoms with Crippen molar-refractivity contribution in [2.45, 2.75) is 13.1 Å². The van der Waals surface area contributed by atoms with Gasteiger partial charge < -0.3 is 9.15 Å². The first kappa shape index (κ1) is 14.1. The summed E-state index contributed by atoms with van der Waals surface area (Å²) in [6, 6.07) is 8.14. The standard InChI is InChI=1S/C15H11F3O2/c1-3-11-5-6-12(13-7-4-10(2)20-13)8-14(11)19-9-15(16,17)18/h1,4-8H,9H2,2H3. The third-order valence-electron chi connectivity index (χ3n) is 2.55. The minimum absolute atomic E-state index is 0.0105. The minimum Gasteiger partial charge on any atom is -0.483 e. The van der Waals surface area contributed by atoms with Crippen LogP contribution in [-0.4, -0.2) is 12.8 Å². The summed E-state index contributed by atoms with van der Waals surface area (Å²) in [5.74, 6) is 3.55. The van der Waals surface area contributed by atoms with Crippen LogP contribution in [0.1, 0.15) is 11.3 Å². The van der Waals surface area contributed by atoms with E-state index in [2.05, 4.69) is 5.92 Å². The predicted molar refractivity (Wildman–Crippen MR) is 68.4 cm³/mol. The van der Waals surface area contributed by atoms with E-state index in [4.69, 9.17) is 15.6 Å². The fraction of sp³-hybridized carbons (Fsp3) is 0.200. The molecule has 0 aliphatic rings. The Bertz CT molecular complexity index is 648. The van der Waals surface area contributed by atoms with E-state index in [1.807, 2.05) is 0 Å². The van der Waals surface area contributed by atoms with Gasteiger partial charge in [-0.3, -0.25) is 0 Å². The molecule has 0 unspecified atom stereocenters. The number of rotatable bonds is 3. The van der Waals surface area contributed by atoms with Crippen molar-refractivity contribution in [3.05, 3.63) is 41.7 Å².